The third kappa shape index (κ3) is 3.37. The zero-order chi connectivity index (χ0) is 12.3. The highest BCUT2D eigenvalue weighted by molar-refractivity contribution is 9.10. The number of halogens is 1. The van der Waals surface area contributed by atoms with E-state index < -0.39 is 0 Å². The highest BCUT2D eigenvalue weighted by Crippen LogP contribution is 2.17. The molecule has 0 bridgehead atoms. The molecular formula is C11H18BrN5. The number of piperazine rings is 1. The summed E-state index contributed by atoms with van der Waals surface area (Å²) in [7, 11) is 4.34. The van der Waals surface area contributed by atoms with Crippen LogP contribution in [-0.2, 0) is 0 Å². The maximum atomic E-state index is 4.21. The van der Waals surface area contributed by atoms with Crippen molar-refractivity contribution in [2.24, 2.45) is 0 Å². The monoisotopic (exact) mass is 299 g/mol. The fourth-order valence-corrected chi connectivity index (χ4v) is 2.34. The molecule has 1 N–H and O–H groups in total. The van der Waals surface area contributed by atoms with E-state index in [4.69, 9.17) is 0 Å². The molecule has 0 saturated carbocycles. The van der Waals surface area contributed by atoms with E-state index in [1.54, 1.807) is 12.5 Å². The molecule has 1 aromatic heterocycles. The largest absolute Gasteiger partial charge is 0.367 e. The van der Waals surface area contributed by atoms with Crippen molar-refractivity contribution in [3.05, 3.63) is 17.0 Å². The van der Waals surface area contributed by atoms with Crippen LogP contribution in [0.2, 0.25) is 0 Å². The maximum absolute atomic E-state index is 4.21. The molecule has 0 amide bonds. The average molecular weight is 300 g/mol. The maximum Gasteiger partial charge on any atom is 0.143 e. The van der Waals surface area contributed by atoms with Crippen molar-refractivity contribution in [2.75, 3.05) is 45.6 Å². The molecule has 1 aromatic rings. The van der Waals surface area contributed by atoms with Crippen molar-refractivity contribution in [1.29, 1.82) is 0 Å². The number of rotatable bonds is 3. The van der Waals surface area contributed by atoms with E-state index >= 15 is 0 Å². The molecule has 1 atom stereocenters. The lowest BCUT2D eigenvalue weighted by molar-refractivity contribution is 0.122. The van der Waals surface area contributed by atoms with Crippen LogP contribution >= 0.6 is 15.9 Å². The lowest BCUT2D eigenvalue weighted by Gasteiger charge is -2.37. The van der Waals surface area contributed by atoms with Crippen LogP contribution in [0.25, 0.3) is 0 Å². The minimum atomic E-state index is 0.524. The molecule has 94 valence electrons. The lowest BCUT2D eigenvalue weighted by Crippen LogP contribution is -2.52. The molecule has 1 unspecified atom stereocenters. The topological polar surface area (TPSA) is 44.3 Å². The fourth-order valence-electron chi connectivity index (χ4n) is 1.98. The van der Waals surface area contributed by atoms with Gasteiger partial charge in [-0.05, 0) is 30.0 Å². The molecule has 0 aliphatic carbocycles. The van der Waals surface area contributed by atoms with Gasteiger partial charge in [0.05, 0.1) is 4.47 Å². The normalized spacial score (nSPS) is 22.6. The Morgan fingerprint density at radius 3 is 3.06 bits per heavy atom. The van der Waals surface area contributed by atoms with Gasteiger partial charge in [0.2, 0.25) is 0 Å². The smallest absolute Gasteiger partial charge is 0.143 e. The average Bonchev–Trinajstić information content (AvgIpc) is 2.32. The first-order valence-corrected chi connectivity index (χ1v) is 6.54. The molecule has 2 heterocycles. The van der Waals surface area contributed by atoms with Crippen LogP contribution in [0.4, 0.5) is 5.82 Å². The molecule has 0 spiro atoms. The highest BCUT2D eigenvalue weighted by Gasteiger charge is 2.21. The molecule has 5 nitrogen and oxygen atoms in total. The number of hydrogen-bond acceptors (Lipinski definition) is 5. The van der Waals surface area contributed by atoms with Crippen LogP contribution in [0.15, 0.2) is 17.0 Å². The Morgan fingerprint density at radius 2 is 2.29 bits per heavy atom. The molecule has 1 fully saturated rings. The molecule has 0 radical (unpaired) electrons. The van der Waals surface area contributed by atoms with Crippen LogP contribution in [0.5, 0.6) is 0 Å². The number of hydrogen-bond donors (Lipinski definition) is 1. The zero-order valence-corrected chi connectivity index (χ0v) is 11.8. The van der Waals surface area contributed by atoms with Gasteiger partial charge < -0.3 is 10.2 Å². The second-order valence-corrected chi connectivity index (χ2v) is 5.35. The summed E-state index contributed by atoms with van der Waals surface area (Å²) >= 11 is 3.44. The number of nitrogens with one attached hydrogen (secondary N) is 1. The Morgan fingerprint density at radius 1 is 1.47 bits per heavy atom. The summed E-state index contributed by atoms with van der Waals surface area (Å²) in [5, 5.41) is 3.37. The van der Waals surface area contributed by atoms with Gasteiger partial charge in [-0.3, -0.25) is 4.90 Å². The summed E-state index contributed by atoms with van der Waals surface area (Å²) in [5.74, 6) is 0.863. The molecular weight excluding hydrogens is 282 g/mol. The Bertz CT molecular complexity index is 373. The van der Waals surface area contributed by atoms with E-state index in [-0.39, 0.29) is 0 Å². The number of likely N-dealkylation sites (N-methyl/N-ethyl adjacent to an activating group) is 2. The van der Waals surface area contributed by atoms with Crippen molar-refractivity contribution in [2.45, 2.75) is 6.04 Å². The fraction of sp³-hybridized carbons (Fsp3) is 0.636. The van der Waals surface area contributed by atoms with E-state index in [9.17, 15) is 0 Å². The first-order chi connectivity index (χ1) is 8.16. The highest BCUT2D eigenvalue weighted by atomic mass is 79.9. The Balaban J connectivity index is 1.91. The standard InChI is InChI=1S/C11H18BrN5/c1-16-3-4-17(2)9(7-16)5-14-11-10(12)6-13-8-15-11/h6,8-9H,3-5,7H2,1-2H3,(H,13,14,15). The number of aromatic nitrogens is 2. The summed E-state index contributed by atoms with van der Waals surface area (Å²) in [5.41, 5.74) is 0. The van der Waals surface area contributed by atoms with E-state index in [1.165, 1.54) is 0 Å². The third-order valence-electron chi connectivity index (χ3n) is 3.15. The third-order valence-corrected chi connectivity index (χ3v) is 3.73. The summed E-state index contributed by atoms with van der Waals surface area (Å²) in [6.45, 7) is 4.25. The molecule has 2 rings (SSSR count). The van der Waals surface area contributed by atoms with Crippen LogP contribution in [-0.4, -0.2) is 66.1 Å². The van der Waals surface area contributed by atoms with Gasteiger partial charge in [0.15, 0.2) is 0 Å². The van der Waals surface area contributed by atoms with Crippen molar-refractivity contribution in [3.63, 3.8) is 0 Å². The van der Waals surface area contributed by atoms with Gasteiger partial charge in [-0.25, -0.2) is 9.97 Å². The van der Waals surface area contributed by atoms with Gasteiger partial charge >= 0.3 is 0 Å². The van der Waals surface area contributed by atoms with Gasteiger partial charge in [0, 0.05) is 38.4 Å². The van der Waals surface area contributed by atoms with Crippen LogP contribution in [0, 0.1) is 0 Å². The first-order valence-electron chi connectivity index (χ1n) is 5.75. The lowest BCUT2D eigenvalue weighted by atomic mass is 10.2. The summed E-state index contributed by atoms with van der Waals surface area (Å²) in [6, 6.07) is 0.524. The molecule has 1 aliphatic heterocycles. The van der Waals surface area contributed by atoms with Crippen molar-refractivity contribution < 1.29 is 0 Å². The van der Waals surface area contributed by atoms with Crippen molar-refractivity contribution in [1.82, 2.24) is 19.8 Å². The zero-order valence-electron chi connectivity index (χ0n) is 10.2. The number of anilines is 1. The van der Waals surface area contributed by atoms with Crippen LogP contribution in [0.1, 0.15) is 0 Å². The number of nitrogens with zero attached hydrogens (tertiary/aromatic N) is 4. The summed E-state index contributed by atoms with van der Waals surface area (Å²) in [4.78, 5) is 12.9. The Labute approximate surface area is 110 Å². The predicted octanol–water partition coefficient (Wildman–Crippen LogP) is 0.897. The minimum absolute atomic E-state index is 0.524. The predicted molar refractivity (Wildman–Crippen MR) is 72.1 cm³/mol. The Hall–Kier alpha value is -0.720. The molecule has 6 heteroatoms. The van der Waals surface area contributed by atoms with Crippen molar-refractivity contribution >= 4 is 21.7 Å². The quantitative estimate of drug-likeness (QED) is 0.898. The second-order valence-electron chi connectivity index (χ2n) is 4.50. The van der Waals surface area contributed by atoms with Crippen LogP contribution < -0.4 is 5.32 Å². The van der Waals surface area contributed by atoms with Gasteiger partial charge in [-0.2, -0.15) is 0 Å². The van der Waals surface area contributed by atoms with E-state index in [0.717, 1.165) is 36.5 Å². The summed E-state index contributed by atoms with van der Waals surface area (Å²) < 4.78 is 0.909. The first kappa shape index (κ1) is 12.7. The minimum Gasteiger partial charge on any atom is -0.367 e. The SMILES string of the molecule is CN1CCN(C)C(CNc2ncncc2Br)C1. The van der Waals surface area contributed by atoms with Gasteiger partial charge in [-0.1, -0.05) is 0 Å². The molecule has 1 saturated heterocycles. The summed E-state index contributed by atoms with van der Waals surface area (Å²) in [6.07, 6.45) is 3.32. The molecule has 17 heavy (non-hydrogen) atoms. The van der Waals surface area contributed by atoms with E-state index in [1.807, 2.05) is 0 Å². The van der Waals surface area contributed by atoms with Crippen LogP contribution in [0.3, 0.4) is 0 Å². The van der Waals surface area contributed by atoms with Crippen molar-refractivity contribution in [3.8, 4) is 0 Å². The second kappa shape index (κ2) is 5.75. The molecule has 0 aromatic carbocycles. The van der Waals surface area contributed by atoms with Gasteiger partial charge in [0.1, 0.15) is 12.1 Å². The molecule has 1 aliphatic rings. The Kier molecular flexibility index (Phi) is 4.31. The van der Waals surface area contributed by atoms with Gasteiger partial charge in [-0.15, -0.1) is 0 Å². The van der Waals surface area contributed by atoms with Gasteiger partial charge in [0.25, 0.3) is 0 Å². The van der Waals surface area contributed by atoms with E-state index in [0.29, 0.717) is 6.04 Å². The van der Waals surface area contributed by atoms with E-state index in [2.05, 4.69) is 55.1 Å².